The lowest BCUT2D eigenvalue weighted by Crippen LogP contribution is -2.20. The van der Waals surface area contributed by atoms with Crippen molar-refractivity contribution in [1.29, 1.82) is 0 Å². The Labute approximate surface area is 101 Å². The Morgan fingerprint density at radius 1 is 1.47 bits per heavy atom. The Bertz CT molecular complexity index is 408. The van der Waals surface area contributed by atoms with Gasteiger partial charge in [-0.2, -0.15) is 0 Å². The molecule has 0 spiro atoms. The van der Waals surface area contributed by atoms with Crippen LogP contribution in [0.2, 0.25) is 0 Å². The molecule has 0 saturated heterocycles. The number of aromatic nitrogens is 1. The van der Waals surface area contributed by atoms with Crippen LogP contribution in [0.4, 0.5) is 0 Å². The molecule has 1 N–H and O–H groups in total. The molecule has 0 atom stereocenters. The van der Waals surface area contributed by atoms with Crippen molar-refractivity contribution in [3.8, 4) is 5.88 Å². The van der Waals surface area contributed by atoms with Crippen LogP contribution in [0.5, 0.6) is 5.88 Å². The van der Waals surface area contributed by atoms with Gasteiger partial charge in [-0.05, 0) is 12.5 Å². The van der Waals surface area contributed by atoms with Crippen molar-refractivity contribution in [2.45, 2.75) is 13.5 Å². The van der Waals surface area contributed by atoms with E-state index in [1.165, 1.54) is 6.08 Å². The van der Waals surface area contributed by atoms with Gasteiger partial charge in [0.2, 0.25) is 11.8 Å². The summed E-state index contributed by atoms with van der Waals surface area (Å²) in [6.07, 6.45) is 8.51. The lowest BCUT2D eigenvalue weighted by atomic mass is 10.3. The minimum Gasteiger partial charge on any atom is -0.481 e. The van der Waals surface area contributed by atoms with Gasteiger partial charge in [0.1, 0.15) is 0 Å². The van der Waals surface area contributed by atoms with Crippen LogP contribution in [-0.4, -0.2) is 18.0 Å². The van der Waals surface area contributed by atoms with Crippen molar-refractivity contribution in [2.24, 2.45) is 0 Å². The second-order valence-corrected chi connectivity index (χ2v) is 3.31. The zero-order valence-corrected chi connectivity index (χ0v) is 10.0. The SMILES string of the molecule is CC=CC=CC(=O)NCc1ccc(OC)nc1. The summed E-state index contributed by atoms with van der Waals surface area (Å²) in [6, 6.07) is 3.62. The smallest absolute Gasteiger partial charge is 0.244 e. The predicted molar refractivity (Wildman–Crippen MR) is 66.6 cm³/mol. The van der Waals surface area contributed by atoms with E-state index in [1.54, 1.807) is 31.5 Å². The molecule has 0 unspecified atom stereocenters. The van der Waals surface area contributed by atoms with E-state index in [-0.39, 0.29) is 5.91 Å². The molecule has 0 radical (unpaired) electrons. The van der Waals surface area contributed by atoms with Gasteiger partial charge in [0.15, 0.2) is 0 Å². The second-order valence-electron chi connectivity index (χ2n) is 3.31. The summed E-state index contributed by atoms with van der Waals surface area (Å²) >= 11 is 0. The van der Waals surface area contributed by atoms with Crippen LogP contribution in [0.1, 0.15) is 12.5 Å². The minimum absolute atomic E-state index is 0.126. The van der Waals surface area contributed by atoms with Gasteiger partial charge in [0.25, 0.3) is 0 Å². The van der Waals surface area contributed by atoms with Crippen LogP contribution >= 0.6 is 0 Å². The number of carbonyl (C=O) groups is 1. The molecule has 0 aliphatic rings. The number of amides is 1. The number of hydrogen-bond acceptors (Lipinski definition) is 3. The Morgan fingerprint density at radius 3 is 2.88 bits per heavy atom. The highest BCUT2D eigenvalue weighted by atomic mass is 16.5. The molecule has 0 aliphatic carbocycles. The standard InChI is InChI=1S/C13H16N2O2/c1-3-4-5-6-12(16)14-9-11-7-8-13(17-2)15-10-11/h3-8,10H,9H2,1-2H3,(H,14,16). The number of allylic oxidation sites excluding steroid dienone is 3. The van der Waals surface area contributed by atoms with Crippen LogP contribution in [0, 0.1) is 0 Å². The molecule has 0 aromatic carbocycles. The molecule has 0 bridgehead atoms. The van der Waals surface area contributed by atoms with E-state index in [9.17, 15) is 4.79 Å². The van der Waals surface area contributed by atoms with Gasteiger partial charge in [-0.15, -0.1) is 0 Å². The highest BCUT2D eigenvalue weighted by molar-refractivity contribution is 5.87. The van der Waals surface area contributed by atoms with Crippen molar-refractivity contribution < 1.29 is 9.53 Å². The number of carbonyl (C=O) groups excluding carboxylic acids is 1. The predicted octanol–water partition coefficient (Wildman–Crippen LogP) is 1.84. The molecule has 0 saturated carbocycles. The third-order valence-electron chi connectivity index (χ3n) is 2.02. The zero-order valence-electron chi connectivity index (χ0n) is 10.0. The molecule has 17 heavy (non-hydrogen) atoms. The molecular formula is C13H16N2O2. The summed E-state index contributed by atoms with van der Waals surface area (Å²) in [5.41, 5.74) is 0.929. The topological polar surface area (TPSA) is 51.2 Å². The maximum atomic E-state index is 11.3. The molecule has 0 fully saturated rings. The van der Waals surface area contributed by atoms with Crippen LogP contribution < -0.4 is 10.1 Å². The van der Waals surface area contributed by atoms with Gasteiger partial charge >= 0.3 is 0 Å². The summed E-state index contributed by atoms with van der Waals surface area (Å²) in [6.45, 7) is 2.35. The van der Waals surface area contributed by atoms with Gasteiger partial charge in [-0.1, -0.05) is 24.3 Å². The first-order valence-corrected chi connectivity index (χ1v) is 5.32. The molecule has 1 aromatic heterocycles. The highest BCUT2D eigenvalue weighted by Crippen LogP contribution is 2.05. The van der Waals surface area contributed by atoms with Gasteiger partial charge in [-0.25, -0.2) is 4.98 Å². The van der Waals surface area contributed by atoms with Crippen molar-refractivity contribution in [2.75, 3.05) is 7.11 Å². The van der Waals surface area contributed by atoms with Gasteiger partial charge in [0.05, 0.1) is 7.11 Å². The highest BCUT2D eigenvalue weighted by Gasteiger charge is 1.97. The number of nitrogens with zero attached hydrogens (tertiary/aromatic N) is 1. The van der Waals surface area contributed by atoms with Gasteiger partial charge in [-0.3, -0.25) is 4.79 Å². The molecule has 4 heteroatoms. The summed E-state index contributed by atoms with van der Waals surface area (Å²) in [7, 11) is 1.57. The normalized spacial score (nSPS) is 10.9. The monoisotopic (exact) mass is 232 g/mol. The van der Waals surface area contributed by atoms with Crippen molar-refractivity contribution in [3.05, 3.63) is 48.2 Å². The number of nitrogens with one attached hydrogen (secondary N) is 1. The van der Waals surface area contributed by atoms with E-state index >= 15 is 0 Å². The molecule has 90 valence electrons. The average molecular weight is 232 g/mol. The number of rotatable bonds is 5. The first kappa shape index (κ1) is 13.0. The molecule has 1 amide bonds. The second kappa shape index (κ2) is 7.22. The average Bonchev–Trinajstić information content (AvgIpc) is 2.37. The van der Waals surface area contributed by atoms with E-state index in [4.69, 9.17) is 4.74 Å². The van der Waals surface area contributed by atoms with Gasteiger partial charge < -0.3 is 10.1 Å². The summed E-state index contributed by atoms with van der Waals surface area (Å²) in [5, 5.41) is 2.75. The van der Waals surface area contributed by atoms with E-state index in [0.717, 1.165) is 5.56 Å². The Morgan fingerprint density at radius 2 is 2.29 bits per heavy atom. The number of hydrogen-bond donors (Lipinski definition) is 1. The third-order valence-corrected chi connectivity index (χ3v) is 2.02. The van der Waals surface area contributed by atoms with Crippen LogP contribution in [-0.2, 0) is 11.3 Å². The number of methoxy groups -OCH3 is 1. The molecular weight excluding hydrogens is 216 g/mol. The maximum Gasteiger partial charge on any atom is 0.244 e. The Balaban J connectivity index is 2.41. The van der Waals surface area contributed by atoms with Gasteiger partial charge in [0, 0.05) is 24.9 Å². The molecule has 1 aromatic rings. The van der Waals surface area contributed by atoms with E-state index in [2.05, 4.69) is 10.3 Å². The zero-order chi connectivity index (χ0) is 12.5. The van der Waals surface area contributed by atoms with Crippen molar-refractivity contribution in [1.82, 2.24) is 10.3 Å². The molecule has 4 nitrogen and oxygen atoms in total. The number of pyridine rings is 1. The number of ether oxygens (including phenoxy) is 1. The largest absolute Gasteiger partial charge is 0.481 e. The fourth-order valence-electron chi connectivity index (χ4n) is 1.14. The summed E-state index contributed by atoms with van der Waals surface area (Å²) in [5.74, 6) is 0.437. The molecule has 0 aliphatic heterocycles. The van der Waals surface area contributed by atoms with E-state index < -0.39 is 0 Å². The van der Waals surface area contributed by atoms with Crippen LogP contribution in [0.3, 0.4) is 0 Å². The molecule has 1 rings (SSSR count). The van der Waals surface area contributed by atoms with Crippen molar-refractivity contribution in [3.63, 3.8) is 0 Å². The molecule has 1 heterocycles. The van der Waals surface area contributed by atoms with Crippen LogP contribution in [0.25, 0.3) is 0 Å². The maximum absolute atomic E-state index is 11.3. The van der Waals surface area contributed by atoms with Crippen molar-refractivity contribution >= 4 is 5.91 Å². The lowest BCUT2D eigenvalue weighted by molar-refractivity contribution is -0.116. The minimum atomic E-state index is -0.126. The summed E-state index contributed by atoms with van der Waals surface area (Å²) < 4.78 is 4.94. The first-order valence-electron chi connectivity index (χ1n) is 5.32. The quantitative estimate of drug-likeness (QED) is 0.622. The first-order chi connectivity index (χ1) is 8.26. The van der Waals surface area contributed by atoms with E-state index in [1.807, 2.05) is 19.1 Å². The third kappa shape index (κ3) is 4.97. The Hall–Kier alpha value is -2.10. The van der Waals surface area contributed by atoms with E-state index in [0.29, 0.717) is 12.4 Å². The fraction of sp³-hybridized carbons (Fsp3) is 0.231. The fourth-order valence-corrected chi connectivity index (χ4v) is 1.14. The Kier molecular flexibility index (Phi) is 5.51. The van der Waals surface area contributed by atoms with Crippen LogP contribution in [0.15, 0.2) is 42.6 Å². The lowest BCUT2D eigenvalue weighted by Gasteiger charge is -2.03. The summed E-state index contributed by atoms with van der Waals surface area (Å²) in [4.78, 5) is 15.4.